The molecule has 3 aromatic rings. The van der Waals surface area contributed by atoms with Crippen molar-refractivity contribution in [1.82, 2.24) is 24.3 Å². The van der Waals surface area contributed by atoms with Crippen LogP contribution in [0.2, 0.25) is 0 Å². The fourth-order valence-corrected chi connectivity index (χ4v) is 7.36. The molecule has 0 bridgehead atoms. The SMILES string of the molecule is Cc1noc(C)c1S(=O)(=O)N1CCN(C(=O)CSc2ncnc3sc(C)c(C)c23)CC1. The molecular weight excluding hydrogens is 458 g/mol. The summed E-state index contributed by atoms with van der Waals surface area (Å²) in [6.45, 7) is 8.47. The summed E-state index contributed by atoms with van der Waals surface area (Å²) in [5, 5.41) is 5.56. The van der Waals surface area contributed by atoms with Crippen LogP contribution >= 0.6 is 23.1 Å². The summed E-state index contributed by atoms with van der Waals surface area (Å²) in [6.07, 6.45) is 1.53. The molecule has 0 N–H and O–H groups in total. The molecule has 1 saturated heterocycles. The zero-order valence-electron chi connectivity index (χ0n) is 17.7. The van der Waals surface area contributed by atoms with Gasteiger partial charge in [-0.2, -0.15) is 4.31 Å². The van der Waals surface area contributed by atoms with Crippen LogP contribution in [-0.2, 0) is 14.8 Å². The van der Waals surface area contributed by atoms with Gasteiger partial charge in [-0.25, -0.2) is 18.4 Å². The molecule has 0 spiro atoms. The summed E-state index contributed by atoms with van der Waals surface area (Å²) in [5.74, 6) is 0.496. The zero-order valence-corrected chi connectivity index (χ0v) is 20.2. The van der Waals surface area contributed by atoms with E-state index in [1.54, 1.807) is 30.1 Å². The number of hydrogen-bond donors (Lipinski definition) is 0. The van der Waals surface area contributed by atoms with E-state index in [0.29, 0.717) is 18.8 Å². The van der Waals surface area contributed by atoms with E-state index in [0.717, 1.165) is 20.8 Å². The van der Waals surface area contributed by atoms with Crippen LogP contribution in [0.15, 0.2) is 20.8 Å². The third-order valence-electron chi connectivity index (χ3n) is 5.42. The van der Waals surface area contributed by atoms with Crippen molar-refractivity contribution < 1.29 is 17.7 Å². The Balaban J connectivity index is 1.39. The minimum atomic E-state index is -3.69. The Bertz CT molecular complexity index is 1220. The fraction of sp³-hybridized carbons (Fsp3) is 0.474. The second kappa shape index (κ2) is 8.49. The first-order valence-electron chi connectivity index (χ1n) is 9.74. The van der Waals surface area contributed by atoms with Crippen LogP contribution in [0.5, 0.6) is 0 Å². The Morgan fingerprint density at radius 2 is 1.87 bits per heavy atom. The van der Waals surface area contributed by atoms with E-state index in [1.165, 1.54) is 27.3 Å². The Kier molecular flexibility index (Phi) is 6.08. The predicted octanol–water partition coefficient (Wildman–Crippen LogP) is 2.54. The third kappa shape index (κ3) is 4.09. The van der Waals surface area contributed by atoms with Gasteiger partial charge < -0.3 is 9.42 Å². The fourth-order valence-electron chi connectivity index (χ4n) is 3.63. The maximum absolute atomic E-state index is 12.9. The molecule has 166 valence electrons. The number of amides is 1. The summed E-state index contributed by atoms with van der Waals surface area (Å²) < 4.78 is 32.3. The topological polar surface area (TPSA) is 110 Å². The number of piperazine rings is 1. The highest BCUT2D eigenvalue weighted by molar-refractivity contribution is 8.00. The Morgan fingerprint density at radius 3 is 2.52 bits per heavy atom. The lowest BCUT2D eigenvalue weighted by Gasteiger charge is -2.33. The van der Waals surface area contributed by atoms with Crippen LogP contribution in [0.1, 0.15) is 21.9 Å². The van der Waals surface area contributed by atoms with Crippen LogP contribution in [0.4, 0.5) is 0 Å². The van der Waals surface area contributed by atoms with Crippen LogP contribution in [-0.4, -0.2) is 70.6 Å². The number of sulfonamides is 1. The van der Waals surface area contributed by atoms with Crippen molar-refractivity contribution in [2.45, 2.75) is 37.6 Å². The lowest BCUT2D eigenvalue weighted by atomic mass is 10.2. The molecule has 0 aliphatic carbocycles. The quantitative estimate of drug-likeness (QED) is 0.404. The van der Waals surface area contributed by atoms with Gasteiger partial charge in [-0.3, -0.25) is 4.79 Å². The van der Waals surface area contributed by atoms with Gasteiger partial charge >= 0.3 is 0 Å². The minimum Gasteiger partial charge on any atom is -0.360 e. The van der Waals surface area contributed by atoms with Crippen LogP contribution in [0, 0.1) is 27.7 Å². The summed E-state index contributed by atoms with van der Waals surface area (Å²) in [6, 6.07) is 0. The van der Waals surface area contributed by atoms with E-state index in [1.807, 2.05) is 6.92 Å². The van der Waals surface area contributed by atoms with E-state index in [9.17, 15) is 13.2 Å². The van der Waals surface area contributed by atoms with E-state index in [-0.39, 0.29) is 35.4 Å². The van der Waals surface area contributed by atoms with Gasteiger partial charge in [0, 0.05) is 36.4 Å². The highest BCUT2D eigenvalue weighted by atomic mass is 32.2. The first kappa shape index (κ1) is 22.2. The first-order valence-corrected chi connectivity index (χ1v) is 13.0. The van der Waals surface area contributed by atoms with Crippen LogP contribution in [0.25, 0.3) is 10.2 Å². The standard InChI is InChI=1S/C19H23N5O4S3/c1-11-14(4)30-19-16(11)18(20-10-21-19)29-9-15(25)23-5-7-24(8-6-23)31(26,27)17-12(2)22-28-13(17)3/h10H,5-9H2,1-4H3. The molecule has 0 unspecified atom stereocenters. The number of aromatic nitrogens is 3. The second-order valence-electron chi connectivity index (χ2n) is 7.37. The van der Waals surface area contributed by atoms with Gasteiger partial charge in [0.15, 0.2) is 5.76 Å². The van der Waals surface area contributed by atoms with Crippen molar-refractivity contribution in [2.24, 2.45) is 0 Å². The molecule has 9 nitrogen and oxygen atoms in total. The molecule has 12 heteroatoms. The van der Waals surface area contributed by atoms with E-state index in [4.69, 9.17) is 4.52 Å². The minimum absolute atomic E-state index is 0.0317. The molecule has 0 saturated carbocycles. The Morgan fingerprint density at radius 1 is 1.16 bits per heavy atom. The van der Waals surface area contributed by atoms with Gasteiger partial charge in [-0.05, 0) is 33.3 Å². The lowest BCUT2D eigenvalue weighted by Crippen LogP contribution is -2.51. The number of carbonyl (C=O) groups is 1. The molecule has 31 heavy (non-hydrogen) atoms. The number of thioether (sulfide) groups is 1. The summed E-state index contributed by atoms with van der Waals surface area (Å²) in [7, 11) is -3.69. The molecule has 0 radical (unpaired) electrons. The Hall–Kier alpha value is -2.02. The maximum Gasteiger partial charge on any atom is 0.248 e. The van der Waals surface area contributed by atoms with Crippen molar-refractivity contribution in [1.29, 1.82) is 0 Å². The Labute approximate surface area is 188 Å². The summed E-state index contributed by atoms with van der Waals surface area (Å²) in [4.78, 5) is 25.4. The molecule has 0 atom stereocenters. The van der Waals surface area contributed by atoms with Crippen molar-refractivity contribution in [3.63, 3.8) is 0 Å². The normalized spacial score (nSPS) is 15.7. The number of carbonyl (C=O) groups excluding carboxylic acids is 1. The number of aryl methyl sites for hydroxylation is 4. The van der Waals surface area contributed by atoms with Crippen LogP contribution < -0.4 is 0 Å². The third-order valence-corrected chi connectivity index (χ3v) is 9.65. The highest BCUT2D eigenvalue weighted by Crippen LogP contribution is 2.34. The predicted molar refractivity (Wildman–Crippen MR) is 119 cm³/mol. The number of fused-ring (bicyclic) bond motifs is 1. The molecule has 0 aromatic carbocycles. The number of nitrogens with zero attached hydrogens (tertiary/aromatic N) is 5. The van der Waals surface area contributed by atoms with Gasteiger partial charge in [-0.15, -0.1) is 11.3 Å². The van der Waals surface area contributed by atoms with Gasteiger partial charge in [0.05, 0.1) is 5.75 Å². The van der Waals surface area contributed by atoms with Crippen LogP contribution in [0.3, 0.4) is 0 Å². The summed E-state index contributed by atoms with van der Waals surface area (Å²) in [5.41, 5.74) is 1.50. The van der Waals surface area contributed by atoms with Gasteiger partial charge in [0.1, 0.15) is 26.8 Å². The average Bonchev–Trinajstić information content (AvgIpc) is 3.24. The van der Waals surface area contributed by atoms with E-state index in [2.05, 4.69) is 22.0 Å². The van der Waals surface area contributed by atoms with Crippen molar-refractivity contribution in [3.05, 3.63) is 28.2 Å². The second-order valence-corrected chi connectivity index (χ2v) is 11.4. The zero-order chi connectivity index (χ0) is 22.3. The van der Waals surface area contributed by atoms with Crippen molar-refractivity contribution >= 4 is 49.2 Å². The maximum atomic E-state index is 12.9. The molecule has 3 aromatic heterocycles. The average molecular weight is 482 g/mol. The van der Waals surface area contributed by atoms with Crippen molar-refractivity contribution in [2.75, 3.05) is 31.9 Å². The van der Waals surface area contributed by atoms with E-state index >= 15 is 0 Å². The van der Waals surface area contributed by atoms with Gasteiger partial charge in [0.2, 0.25) is 15.9 Å². The smallest absolute Gasteiger partial charge is 0.248 e. The van der Waals surface area contributed by atoms with E-state index < -0.39 is 10.0 Å². The molecule has 4 rings (SSSR count). The molecule has 1 fully saturated rings. The first-order chi connectivity index (χ1) is 14.7. The molecule has 1 amide bonds. The largest absolute Gasteiger partial charge is 0.360 e. The monoisotopic (exact) mass is 481 g/mol. The number of hydrogen-bond acceptors (Lipinski definition) is 9. The van der Waals surface area contributed by atoms with Gasteiger partial charge in [0.25, 0.3) is 0 Å². The van der Waals surface area contributed by atoms with Crippen molar-refractivity contribution in [3.8, 4) is 0 Å². The highest BCUT2D eigenvalue weighted by Gasteiger charge is 2.34. The molecule has 1 aliphatic rings. The number of thiophene rings is 1. The summed E-state index contributed by atoms with van der Waals surface area (Å²) >= 11 is 3.02. The number of rotatable bonds is 5. The lowest BCUT2D eigenvalue weighted by molar-refractivity contribution is -0.129. The molecular formula is C19H23N5O4S3. The van der Waals surface area contributed by atoms with Gasteiger partial charge in [-0.1, -0.05) is 16.9 Å². The molecule has 1 aliphatic heterocycles. The molecule has 4 heterocycles.